The molecule has 2 aromatic heterocycles. The van der Waals surface area contributed by atoms with Gasteiger partial charge < -0.3 is 15.0 Å². The minimum atomic E-state index is -0.0227. The number of ether oxygens (including phenoxy) is 1. The van der Waals surface area contributed by atoms with Gasteiger partial charge in [0.2, 0.25) is 0 Å². The molecule has 3 aromatic rings. The van der Waals surface area contributed by atoms with Crippen molar-refractivity contribution in [1.82, 2.24) is 20.5 Å². The quantitative estimate of drug-likeness (QED) is 0.651. The van der Waals surface area contributed by atoms with E-state index in [9.17, 15) is 4.79 Å². The van der Waals surface area contributed by atoms with Crippen molar-refractivity contribution in [2.45, 2.75) is 32.4 Å². The number of benzene rings is 1. The van der Waals surface area contributed by atoms with E-state index in [1.807, 2.05) is 31.2 Å². The predicted molar refractivity (Wildman–Crippen MR) is 110 cm³/mol. The third-order valence-electron chi connectivity index (χ3n) is 5.45. The summed E-state index contributed by atoms with van der Waals surface area (Å²) in [5, 5.41) is 11.0. The largest absolute Gasteiger partial charge is 0.490 e. The maximum atomic E-state index is 11.8. The third kappa shape index (κ3) is 3.01. The van der Waals surface area contributed by atoms with Gasteiger partial charge in [-0.25, -0.2) is 4.98 Å². The minimum Gasteiger partial charge on any atom is -0.490 e. The molecule has 2 aliphatic heterocycles. The van der Waals surface area contributed by atoms with Crippen molar-refractivity contribution in [2.24, 2.45) is 0 Å². The number of aromatic nitrogens is 3. The fourth-order valence-electron chi connectivity index (χ4n) is 3.96. The molecule has 8 heteroatoms. The van der Waals surface area contributed by atoms with Gasteiger partial charge in [-0.05, 0) is 52.7 Å². The van der Waals surface area contributed by atoms with E-state index >= 15 is 0 Å². The van der Waals surface area contributed by atoms with E-state index in [4.69, 9.17) is 9.72 Å². The fourth-order valence-corrected chi connectivity index (χ4v) is 4.37. The van der Waals surface area contributed by atoms with E-state index in [-0.39, 0.29) is 12.0 Å². The maximum absolute atomic E-state index is 11.8. The van der Waals surface area contributed by atoms with Crippen LogP contribution in [-0.4, -0.2) is 40.3 Å². The highest BCUT2D eigenvalue weighted by Gasteiger charge is 2.26. The zero-order valence-electron chi connectivity index (χ0n) is 15.5. The van der Waals surface area contributed by atoms with E-state index in [1.54, 1.807) is 0 Å². The summed E-state index contributed by atoms with van der Waals surface area (Å²) in [5.74, 6) is 1.83. The van der Waals surface area contributed by atoms with Gasteiger partial charge >= 0.3 is 0 Å². The molecule has 5 rings (SSSR count). The second-order valence-corrected chi connectivity index (χ2v) is 8.12. The first kappa shape index (κ1) is 17.5. The van der Waals surface area contributed by atoms with Crippen LogP contribution >= 0.6 is 15.9 Å². The van der Waals surface area contributed by atoms with Crippen LogP contribution in [0.15, 0.2) is 28.9 Å². The van der Waals surface area contributed by atoms with Crippen molar-refractivity contribution >= 4 is 38.6 Å². The van der Waals surface area contributed by atoms with Crippen molar-refractivity contribution in [3.05, 3.63) is 45.7 Å². The lowest BCUT2D eigenvalue weighted by Gasteiger charge is -2.34. The Balaban J connectivity index is 1.27. The molecule has 1 amide bonds. The molecule has 0 spiro atoms. The van der Waals surface area contributed by atoms with Gasteiger partial charge in [0, 0.05) is 31.3 Å². The summed E-state index contributed by atoms with van der Waals surface area (Å²) < 4.78 is 7.10. The minimum absolute atomic E-state index is 0.0227. The molecular formula is C20H20BrN5O2. The van der Waals surface area contributed by atoms with Gasteiger partial charge in [0.15, 0.2) is 0 Å². The summed E-state index contributed by atoms with van der Waals surface area (Å²) >= 11 is 3.48. The molecule has 2 aliphatic rings. The topological polar surface area (TPSA) is 83.1 Å². The van der Waals surface area contributed by atoms with E-state index in [0.717, 1.165) is 64.3 Å². The van der Waals surface area contributed by atoms with E-state index in [2.05, 4.69) is 36.3 Å². The number of nitrogens with one attached hydrogen (secondary N) is 2. The van der Waals surface area contributed by atoms with Crippen molar-refractivity contribution in [3.63, 3.8) is 0 Å². The number of hydrogen-bond donors (Lipinski definition) is 2. The number of anilines is 1. The second-order valence-electron chi connectivity index (χ2n) is 7.33. The molecule has 1 aromatic carbocycles. The molecule has 1 saturated heterocycles. The average Bonchev–Trinajstić information content (AvgIpc) is 3.25. The molecule has 0 atom stereocenters. The number of fused-ring (bicyclic) bond motifs is 2. The highest BCUT2D eigenvalue weighted by Crippen LogP contribution is 2.29. The highest BCUT2D eigenvalue weighted by atomic mass is 79.9. The van der Waals surface area contributed by atoms with Gasteiger partial charge in [-0.15, -0.1) is 0 Å². The molecular weight excluding hydrogens is 422 g/mol. The van der Waals surface area contributed by atoms with Crippen LogP contribution in [0.4, 0.5) is 5.82 Å². The number of hydrogen-bond acceptors (Lipinski definition) is 5. The molecule has 0 bridgehead atoms. The summed E-state index contributed by atoms with van der Waals surface area (Å²) in [6, 6.07) is 7.92. The summed E-state index contributed by atoms with van der Waals surface area (Å²) in [4.78, 5) is 18.9. The Labute approximate surface area is 170 Å². The number of H-pyrrole nitrogens is 1. The van der Waals surface area contributed by atoms with Crippen molar-refractivity contribution in [3.8, 4) is 5.75 Å². The monoisotopic (exact) mass is 441 g/mol. The van der Waals surface area contributed by atoms with Crippen LogP contribution in [-0.2, 0) is 6.54 Å². The standard InChI is InChI=1S/C20H20BrN5O2/c1-11-8-15-17(10-22-20(15)27)23-19(11)26-6-4-12(5-7-26)28-13-2-3-16-14(9-13)18(21)25-24-16/h2-3,8-9,12H,4-7,10H2,1H3,(H,22,27)(H,24,25). The van der Waals surface area contributed by atoms with Crippen LogP contribution in [0, 0.1) is 6.92 Å². The van der Waals surface area contributed by atoms with Crippen molar-refractivity contribution in [2.75, 3.05) is 18.0 Å². The lowest BCUT2D eigenvalue weighted by atomic mass is 10.1. The van der Waals surface area contributed by atoms with Crippen LogP contribution < -0.4 is 15.0 Å². The normalized spacial score (nSPS) is 17.1. The number of halogens is 1. The molecule has 2 N–H and O–H groups in total. The number of aromatic amines is 1. The van der Waals surface area contributed by atoms with Crippen LogP contribution in [0.3, 0.4) is 0 Å². The Hall–Kier alpha value is -2.61. The van der Waals surface area contributed by atoms with Gasteiger partial charge in [-0.2, -0.15) is 5.10 Å². The number of pyridine rings is 1. The van der Waals surface area contributed by atoms with Gasteiger partial charge in [0.05, 0.1) is 23.3 Å². The molecule has 0 aliphatic carbocycles. The zero-order valence-corrected chi connectivity index (χ0v) is 17.0. The summed E-state index contributed by atoms with van der Waals surface area (Å²) in [5.41, 5.74) is 3.52. The molecule has 0 unspecified atom stereocenters. The molecule has 0 radical (unpaired) electrons. The second kappa shape index (κ2) is 6.77. The Kier molecular flexibility index (Phi) is 4.23. The maximum Gasteiger partial charge on any atom is 0.253 e. The zero-order chi connectivity index (χ0) is 19.3. The third-order valence-corrected chi connectivity index (χ3v) is 6.05. The Morgan fingerprint density at radius 2 is 2.07 bits per heavy atom. The number of carbonyl (C=O) groups excluding carboxylic acids is 1. The van der Waals surface area contributed by atoms with Gasteiger partial charge in [0.25, 0.3) is 5.91 Å². The number of aryl methyl sites for hydroxylation is 1. The number of nitrogens with zero attached hydrogens (tertiary/aromatic N) is 3. The Morgan fingerprint density at radius 1 is 1.25 bits per heavy atom. The number of piperidine rings is 1. The predicted octanol–water partition coefficient (Wildman–Crippen LogP) is 3.32. The van der Waals surface area contributed by atoms with E-state index in [0.29, 0.717) is 12.1 Å². The Bertz CT molecular complexity index is 1070. The Morgan fingerprint density at radius 3 is 2.89 bits per heavy atom. The smallest absolute Gasteiger partial charge is 0.253 e. The molecule has 1 fully saturated rings. The first-order valence-electron chi connectivity index (χ1n) is 9.42. The van der Waals surface area contributed by atoms with Gasteiger partial charge in [-0.3, -0.25) is 9.89 Å². The van der Waals surface area contributed by atoms with Gasteiger partial charge in [0.1, 0.15) is 22.3 Å². The lowest BCUT2D eigenvalue weighted by molar-refractivity contribution is 0.0965. The van der Waals surface area contributed by atoms with Crippen LogP contribution in [0.5, 0.6) is 5.75 Å². The van der Waals surface area contributed by atoms with Crippen molar-refractivity contribution < 1.29 is 9.53 Å². The first-order valence-corrected chi connectivity index (χ1v) is 10.2. The molecule has 28 heavy (non-hydrogen) atoms. The summed E-state index contributed by atoms with van der Waals surface area (Å²) in [6.07, 6.45) is 2.04. The number of amides is 1. The van der Waals surface area contributed by atoms with Crippen LogP contribution in [0.25, 0.3) is 10.9 Å². The van der Waals surface area contributed by atoms with Crippen LogP contribution in [0.2, 0.25) is 0 Å². The summed E-state index contributed by atoms with van der Waals surface area (Å²) in [7, 11) is 0. The summed E-state index contributed by atoms with van der Waals surface area (Å²) in [6.45, 7) is 4.31. The van der Waals surface area contributed by atoms with Gasteiger partial charge in [-0.1, -0.05) is 0 Å². The molecule has 7 nitrogen and oxygen atoms in total. The highest BCUT2D eigenvalue weighted by molar-refractivity contribution is 9.10. The molecule has 0 saturated carbocycles. The van der Waals surface area contributed by atoms with Crippen LogP contribution in [0.1, 0.15) is 34.5 Å². The fraction of sp³-hybridized carbons (Fsp3) is 0.350. The molecule has 144 valence electrons. The lowest BCUT2D eigenvalue weighted by Crippen LogP contribution is -2.39. The SMILES string of the molecule is Cc1cc2c(nc1N1CCC(Oc3ccc4n[nH]c(Br)c4c3)CC1)CNC2=O. The van der Waals surface area contributed by atoms with Crippen molar-refractivity contribution in [1.29, 1.82) is 0 Å². The molecule has 4 heterocycles. The number of rotatable bonds is 3. The first-order chi connectivity index (χ1) is 13.6. The van der Waals surface area contributed by atoms with E-state index in [1.165, 1.54) is 0 Å². The number of carbonyl (C=O) groups is 1. The average molecular weight is 442 g/mol. The van der Waals surface area contributed by atoms with E-state index < -0.39 is 0 Å².